The van der Waals surface area contributed by atoms with E-state index in [0.29, 0.717) is 18.4 Å². The highest BCUT2D eigenvalue weighted by Crippen LogP contribution is 2.29. The first-order valence-electron chi connectivity index (χ1n) is 6.44. The van der Waals surface area contributed by atoms with Crippen LogP contribution in [0.1, 0.15) is 32.6 Å². The van der Waals surface area contributed by atoms with E-state index in [0.717, 1.165) is 19.3 Å². The second kappa shape index (κ2) is 6.96. The molecular weight excluding hydrogens is 250 g/mol. The normalized spacial score (nSPS) is 23.6. The van der Waals surface area contributed by atoms with Crippen LogP contribution in [0.2, 0.25) is 0 Å². The van der Waals surface area contributed by atoms with Crippen LogP contribution in [0.5, 0.6) is 0 Å². The Balaban J connectivity index is 2.32. The van der Waals surface area contributed by atoms with Gasteiger partial charge >= 0.3 is 12.0 Å². The van der Waals surface area contributed by atoms with Crippen molar-refractivity contribution in [2.75, 3.05) is 6.54 Å². The number of nitrogens with one attached hydrogen (secondary N) is 2. The van der Waals surface area contributed by atoms with Crippen LogP contribution >= 0.6 is 0 Å². The molecule has 0 aliphatic heterocycles. The van der Waals surface area contributed by atoms with Gasteiger partial charge < -0.3 is 21.5 Å². The molecule has 7 heteroatoms. The van der Waals surface area contributed by atoms with E-state index in [-0.39, 0.29) is 0 Å². The molecule has 2 unspecified atom stereocenters. The molecule has 0 radical (unpaired) electrons. The average Bonchev–Trinajstić information content (AvgIpc) is 2.71. The molecule has 0 saturated heterocycles. The third-order valence-electron chi connectivity index (χ3n) is 3.36. The molecule has 19 heavy (non-hydrogen) atoms. The molecule has 3 amide bonds. The maximum absolute atomic E-state index is 11.5. The highest BCUT2D eigenvalue weighted by atomic mass is 16.4. The molecule has 0 heterocycles. The molecule has 0 bridgehead atoms. The number of hydrogen-bond acceptors (Lipinski definition) is 3. The molecule has 1 aliphatic rings. The fourth-order valence-electron chi connectivity index (χ4n) is 2.36. The Kier molecular flexibility index (Phi) is 5.59. The van der Waals surface area contributed by atoms with Crippen LogP contribution in [0, 0.1) is 11.8 Å². The van der Waals surface area contributed by atoms with E-state index in [1.807, 2.05) is 0 Å². The minimum absolute atomic E-state index is 0.413. The number of carboxylic acids is 1. The lowest BCUT2D eigenvalue weighted by Crippen LogP contribution is -2.48. The molecule has 0 aromatic rings. The molecular formula is C12H21N3O4. The van der Waals surface area contributed by atoms with Gasteiger partial charge in [-0.25, -0.2) is 9.59 Å². The summed E-state index contributed by atoms with van der Waals surface area (Å²) in [5.41, 5.74) is 4.92. The Morgan fingerprint density at radius 1 is 1.37 bits per heavy atom. The highest BCUT2D eigenvalue weighted by Gasteiger charge is 2.24. The first-order valence-corrected chi connectivity index (χ1v) is 6.44. The number of carboxylic acid groups (broad SMARTS) is 1. The maximum Gasteiger partial charge on any atom is 0.326 e. The zero-order valence-electron chi connectivity index (χ0n) is 11.0. The second-order valence-corrected chi connectivity index (χ2v) is 5.20. The third kappa shape index (κ3) is 5.58. The molecule has 0 aromatic heterocycles. The van der Waals surface area contributed by atoms with Gasteiger partial charge in [-0.1, -0.05) is 13.3 Å². The van der Waals surface area contributed by atoms with Crippen LogP contribution < -0.4 is 16.4 Å². The third-order valence-corrected chi connectivity index (χ3v) is 3.36. The predicted octanol–water partition coefficient (Wildman–Crippen LogP) is 0.0504. The van der Waals surface area contributed by atoms with E-state index in [1.165, 1.54) is 0 Å². The molecule has 7 nitrogen and oxygen atoms in total. The van der Waals surface area contributed by atoms with Gasteiger partial charge in [-0.3, -0.25) is 4.79 Å². The van der Waals surface area contributed by atoms with Crippen LogP contribution in [0.25, 0.3) is 0 Å². The van der Waals surface area contributed by atoms with Gasteiger partial charge in [0.1, 0.15) is 6.04 Å². The quantitative estimate of drug-likeness (QED) is 0.545. The summed E-state index contributed by atoms with van der Waals surface area (Å²) in [6.45, 7) is 2.70. The van der Waals surface area contributed by atoms with Crippen molar-refractivity contribution in [1.82, 2.24) is 10.6 Å². The van der Waals surface area contributed by atoms with Gasteiger partial charge in [0.15, 0.2) is 0 Å². The van der Waals surface area contributed by atoms with Crippen molar-refractivity contribution in [3.05, 3.63) is 0 Å². The number of primary amides is 1. The predicted molar refractivity (Wildman–Crippen MR) is 68.3 cm³/mol. The standard InChI is InChI=1S/C12H21N3O4/c1-7-2-3-8(4-7)6-14-12(19)15-9(11(17)18)5-10(13)16/h7-9H,2-6H2,1H3,(H2,13,16)(H,17,18)(H2,14,15,19)/t7?,8?,9-/m0/s1. The summed E-state index contributed by atoms with van der Waals surface area (Å²) in [4.78, 5) is 33.0. The topological polar surface area (TPSA) is 122 Å². The van der Waals surface area contributed by atoms with Gasteiger partial charge in [0.25, 0.3) is 0 Å². The monoisotopic (exact) mass is 271 g/mol. The summed E-state index contributed by atoms with van der Waals surface area (Å²) in [6.07, 6.45) is 2.89. The average molecular weight is 271 g/mol. The SMILES string of the molecule is CC1CCC(CNC(=O)N[C@@H](CC(N)=O)C(=O)O)C1. The summed E-state index contributed by atoms with van der Waals surface area (Å²) in [6, 6.07) is -1.85. The Labute approximate surface area is 111 Å². The van der Waals surface area contributed by atoms with E-state index in [2.05, 4.69) is 17.6 Å². The van der Waals surface area contributed by atoms with Crippen LogP contribution in [0.15, 0.2) is 0 Å². The van der Waals surface area contributed by atoms with E-state index in [9.17, 15) is 14.4 Å². The van der Waals surface area contributed by atoms with E-state index < -0.39 is 30.4 Å². The summed E-state index contributed by atoms with van der Waals surface area (Å²) < 4.78 is 0. The molecule has 1 aliphatic carbocycles. The molecule has 0 spiro atoms. The van der Waals surface area contributed by atoms with Crippen molar-refractivity contribution in [3.8, 4) is 0 Å². The first-order chi connectivity index (χ1) is 8.88. The Morgan fingerprint density at radius 3 is 2.53 bits per heavy atom. The van der Waals surface area contributed by atoms with E-state index in [4.69, 9.17) is 10.8 Å². The van der Waals surface area contributed by atoms with Crippen molar-refractivity contribution >= 4 is 17.9 Å². The lowest BCUT2D eigenvalue weighted by Gasteiger charge is -2.15. The molecule has 1 rings (SSSR count). The van der Waals surface area contributed by atoms with Gasteiger partial charge in [0, 0.05) is 6.54 Å². The Bertz CT molecular complexity index is 359. The molecule has 1 fully saturated rings. The van der Waals surface area contributed by atoms with Crippen LogP contribution in [-0.4, -0.2) is 35.6 Å². The number of urea groups is 1. The highest BCUT2D eigenvalue weighted by molar-refractivity contribution is 5.87. The number of nitrogens with two attached hydrogens (primary N) is 1. The first kappa shape index (κ1) is 15.3. The summed E-state index contributed by atoms with van der Waals surface area (Å²) in [5.74, 6) is -0.919. The number of amides is 3. The zero-order chi connectivity index (χ0) is 14.4. The fourth-order valence-corrected chi connectivity index (χ4v) is 2.36. The lowest BCUT2D eigenvalue weighted by atomic mass is 10.1. The number of aliphatic carboxylic acids is 1. The Morgan fingerprint density at radius 2 is 2.05 bits per heavy atom. The van der Waals surface area contributed by atoms with Crippen molar-refractivity contribution in [3.63, 3.8) is 0 Å². The molecule has 1 saturated carbocycles. The van der Waals surface area contributed by atoms with Crippen LogP contribution in [0.4, 0.5) is 4.79 Å². The second-order valence-electron chi connectivity index (χ2n) is 5.20. The largest absolute Gasteiger partial charge is 0.480 e. The Hall–Kier alpha value is -1.79. The van der Waals surface area contributed by atoms with Gasteiger partial charge in [0.2, 0.25) is 5.91 Å². The smallest absolute Gasteiger partial charge is 0.326 e. The van der Waals surface area contributed by atoms with Gasteiger partial charge in [-0.05, 0) is 24.7 Å². The number of hydrogen-bond donors (Lipinski definition) is 4. The van der Waals surface area contributed by atoms with Crippen molar-refractivity contribution in [2.45, 2.75) is 38.6 Å². The fraction of sp³-hybridized carbons (Fsp3) is 0.750. The zero-order valence-corrected chi connectivity index (χ0v) is 11.0. The van der Waals surface area contributed by atoms with E-state index in [1.54, 1.807) is 0 Å². The van der Waals surface area contributed by atoms with Crippen LogP contribution in [0.3, 0.4) is 0 Å². The van der Waals surface area contributed by atoms with E-state index >= 15 is 0 Å². The van der Waals surface area contributed by atoms with Crippen LogP contribution in [-0.2, 0) is 9.59 Å². The number of carbonyl (C=O) groups is 3. The molecule has 5 N–H and O–H groups in total. The van der Waals surface area contributed by atoms with Crippen molar-refractivity contribution < 1.29 is 19.5 Å². The molecule has 108 valence electrons. The minimum Gasteiger partial charge on any atom is -0.480 e. The maximum atomic E-state index is 11.5. The van der Waals surface area contributed by atoms with Gasteiger partial charge in [-0.2, -0.15) is 0 Å². The number of rotatable bonds is 6. The minimum atomic E-state index is -1.28. The summed E-state index contributed by atoms with van der Waals surface area (Å²) in [5, 5.41) is 13.7. The van der Waals surface area contributed by atoms with Crippen molar-refractivity contribution in [2.24, 2.45) is 17.6 Å². The lowest BCUT2D eigenvalue weighted by molar-refractivity contribution is -0.140. The molecule has 3 atom stereocenters. The van der Waals surface area contributed by atoms with Gasteiger partial charge in [0.05, 0.1) is 6.42 Å². The molecule has 0 aromatic carbocycles. The summed E-state index contributed by atoms with van der Waals surface area (Å²) >= 11 is 0. The summed E-state index contributed by atoms with van der Waals surface area (Å²) in [7, 11) is 0. The van der Waals surface area contributed by atoms with Crippen molar-refractivity contribution in [1.29, 1.82) is 0 Å². The number of carbonyl (C=O) groups excluding carboxylic acids is 2. The van der Waals surface area contributed by atoms with Gasteiger partial charge in [-0.15, -0.1) is 0 Å².